The van der Waals surface area contributed by atoms with Crippen molar-refractivity contribution in [3.63, 3.8) is 0 Å². The minimum Gasteiger partial charge on any atom is -0.493 e. The van der Waals surface area contributed by atoms with E-state index in [-0.39, 0.29) is 50.3 Å². The quantitative estimate of drug-likeness (QED) is 0.267. The normalized spacial score (nSPS) is 11.9. The first kappa shape index (κ1) is 28.0. The molecule has 0 bridgehead atoms. The van der Waals surface area contributed by atoms with Gasteiger partial charge in [-0.05, 0) is 55.0 Å². The van der Waals surface area contributed by atoms with E-state index in [9.17, 15) is 36.6 Å². The summed E-state index contributed by atoms with van der Waals surface area (Å²) in [7, 11) is 0. The van der Waals surface area contributed by atoms with E-state index < -0.39 is 53.7 Å². The third-order valence-corrected chi connectivity index (χ3v) is 4.85. The molecule has 0 aliphatic rings. The van der Waals surface area contributed by atoms with Crippen LogP contribution in [0.25, 0.3) is 0 Å². The summed E-state index contributed by atoms with van der Waals surface area (Å²) >= 11 is 0. The number of benzene rings is 2. The number of ether oxygens (including phenoxy) is 1. The number of aliphatic hydroxyl groups excluding tert-OH is 2. The van der Waals surface area contributed by atoms with Crippen molar-refractivity contribution < 1.29 is 41.3 Å². The summed E-state index contributed by atoms with van der Waals surface area (Å²) in [5, 5.41) is 18.4. The first-order valence-corrected chi connectivity index (χ1v) is 9.46. The van der Waals surface area contributed by atoms with E-state index in [1.807, 2.05) is 0 Å². The SMILES string of the molecule is Cl.NC(CO)(CO)CCc1ccc(OCCCc2ccc(F)c(F)c2F)c(C(F)(F)F)c1. The van der Waals surface area contributed by atoms with Gasteiger partial charge in [-0.2, -0.15) is 13.2 Å². The van der Waals surface area contributed by atoms with E-state index in [0.717, 1.165) is 24.3 Å². The summed E-state index contributed by atoms with van der Waals surface area (Å²) in [6, 6.07) is 5.30. The Hall–Kier alpha value is -2.01. The highest BCUT2D eigenvalue weighted by Crippen LogP contribution is 2.37. The maximum Gasteiger partial charge on any atom is 0.419 e. The lowest BCUT2D eigenvalue weighted by molar-refractivity contribution is -0.139. The zero-order valence-corrected chi connectivity index (χ0v) is 17.7. The maximum atomic E-state index is 13.6. The number of alkyl halides is 3. The van der Waals surface area contributed by atoms with Crippen LogP contribution < -0.4 is 10.5 Å². The van der Waals surface area contributed by atoms with Gasteiger partial charge in [-0.25, -0.2) is 13.2 Å². The minimum absolute atomic E-state index is 0. The molecule has 0 aliphatic carbocycles. The third kappa shape index (κ3) is 7.26. The van der Waals surface area contributed by atoms with Crippen molar-refractivity contribution in [2.45, 2.75) is 37.4 Å². The molecule has 0 amide bonds. The number of aliphatic hydroxyl groups is 2. The van der Waals surface area contributed by atoms with Crippen LogP contribution in [0.2, 0.25) is 0 Å². The largest absolute Gasteiger partial charge is 0.493 e. The van der Waals surface area contributed by atoms with Gasteiger partial charge in [0.05, 0.1) is 30.9 Å². The zero-order valence-electron chi connectivity index (χ0n) is 16.9. The average molecular weight is 488 g/mol. The predicted molar refractivity (Wildman–Crippen MR) is 108 cm³/mol. The van der Waals surface area contributed by atoms with Crippen LogP contribution in [-0.4, -0.2) is 35.6 Å². The number of halogens is 7. The van der Waals surface area contributed by atoms with Gasteiger partial charge < -0.3 is 20.7 Å². The van der Waals surface area contributed by atoms with E-state index in [0.29, 0.717) is 5.56 Å². The Morgan fingerprint density at radius 2 is 1.56 bits per heavy atom. The second kappa shape index (κ2) is 11.7. The van der Waals surface area contributed by atoms with Crippen LogP contribution in [0.1, 0.15) is 29.5 Å². The van der Waals surface area contributed by atoms with Crippen molar-refractivity contribution in [2.75, 3.05) is 19.8 Å². The van der Waals surface area contributed by atoms with Crippen molar-refractivity contribution in [3.05, 3.63) is 64.5 Å². The van der Waals surface area contributed by atoms with Crippen LogP contribution in [0.5, 0.6) is 5.75 Å². The maximum absolute atomic E-state index is 13.6. The molecule has 0 aromatic heterocycles. The highest BCUT2D eigenvalue weighted by Gasteiger charge is 2.35. The van der Waals surface area contributed by atoms with Crippen LogP contribution >= 0.6 is 12.4 Å². The molecule has 0 unspecified atom stereocenters. The van der Waals surface area contributed by atoms with Gasteiger partial charge in [-0.1, -0.05) is 12.1 Å². The summed E-state index contributed by atoms with van der Waals surface area (Å²) in [6.07, 6.45) is -4.52. The molecule has 180 valence electrons. The van der Waals surface area contributed by atoms with E-state index in [1.54, 1.807) is 0 Å². The molecule has 11 heteroatoms. The monoisotopic (exact) mass is 487 g/mol. The number of nitrogens with two attached hydrogens (primary N) is 1. The van der Waals surface area contributed by atoms with Gasteiger partial charge >= 0.3 is 6.18 Å². The Kier molecular flexibility index (Phi) is 10.3. The topological polar surface area (TPSA) is 75.7 Å². The molecule has 0 saturated heterocycles. The summed E-state index contributed by atoms with van der Waals surface area (Å²) in [6.45, 7) is -1.24. The summed E-state index contributed by atoms with van der Waals surface area (Å²) in [4.78, 5) is 0. The van der Waals surface area contributed by atoms with Gasteiger partial charge in [0.2, 0.25) is 0 Å². The molecule has 2 rings (SSSR count). The van der Waals surface area contributed by atoms with Crippen molar-refractivity contribution in [2.24, 2.45) is 5.73 Å². The van der Waals surface area contributed by atoms with Gasteiger partial charge in [-0.3, -0.25) is 0 Å². The molecule has 0 spiro atoms. The first-order valence-electron chi connectivity index (χ1n) is 9.46. The molecule has 32 heavy (non-hydrogen) atoms. The first-order chi connectivity index (χ1) is 14.5. The fraction of sp³-hybridized carbons (Fsp3) is 0.429. The Morgan fingerprint density at radius 1 is 0.906 bits per heavy atom. The molecule has 0 saturated carbocycles. The molecule has 0 aliphatic heterocycles. The second-order valence-electron chi connectivity index (χ2n) is 7.29. The molecular formula is C21H24ClF6NO3. The van der Waals surface area contributed by atoms with Crippen LogP contribution in [0.3, 0.4) is 0 Å². The number of rotatable bonds is 10. The summed E-state index contributed by atoms with van der Waals surface area (Å²) in [5.41, 5.74) is 3.61. The molecule has 0 heterocycles. The van der Waals surface area contributed by atoms with Crippen LogP contribution in [0.4, 0.5) is 26.3 Å². The highest BCUT2D eigenvalue weighted by molar-refractivity contribution is 5.85. The van der Waals surface area contributed by atoms with Crippen molar-refractivity contribution in [3.8, 4) is 5.75 Å². The Balaban J connectivity index is 0.00000512. The van der Waals surface area contributed by atoms with Crippen molar-refractivity contribution >= 4 is 12.4 Å². The van der Waals surface area contributed by atoms with Gasteiger partial charge in [0.15, 0.2) is 17.5 Å². The van der Waals surface area contributed by atoms with Crippen LogP contribution in [0.15, 0.2) is 30.3 Å². The fourth-order valence-corrected chi connectivity index (χ4v) is 2.89. The molecule has 0 fully saturated rings. The van der Waals surface area contributed by atoms with Crippen LogP contribution in [0, 0.1) is 17.5 Å². The number of hydrogen-bond acceptors (Lipinski definition) is 4. The molecule has 2 aromatic rings. The predicted octanol–water partition coefficient (Wildman–Crippen LogP) is 4.17. The second-order valence-corrected chi connectivity index (χ2v) is 7.29. The molecule has 4 nitrogen and oxygen atoms in total. The van der Waals surface area contributed by atoms with E-state index in [4.69, 9.17) is 10.5 Å². The van der Waals surface area contributed by atoms with Gasteiger partial charge in [-0.15, -0.1) is 12.4 Å². The zero-order chi connectivity index (χ0) is 23.2. The van der Waals surface area contributed by atoms with Gasteiger partial charge in [0.1, 0.15) is 5.75 Å². The molecule has 2 aromatic carbocycles. The lowest BCUT2D eigenvalue weighted by Gasteiger charge is -2.24. The van der Waals surface area contributed by atoms with E-state index in [1.165, 1.54) is 6.07 Å². The standard InChI is InChI=1S/C21H23F6NO3.ClH/c22-16-5-4-14(18(23)19(16)24)2-1-9-31-17-6-3-13(10-15(17)21(25,26)27)7-8-20(28,11-29)12-30;/h3-6,10,29-30H,1-2,7-9,11-12,28H2;1H. The van der Waals surface area contributed by atoms with E-state index in [2.05, 4.69) is 0 Å². The molecule has 4 N–H and O–H groups in total. The van der Waals surface area contributed by atoms with Crippen LogP contribution in [-0.2, 0) is 19.0 Å². The Labute approximate surface area is 187 Å². The van der Waals surface area contributed by atoms with Gasteiger partial charge in [0.25, 0.3) is 0 Å². The smallest absolute Gasteiger partial charge is 0.419 e. The highest BCUT2D eigenvalue weighted by atomic mass is 35.5. The summed E-state index contributed by atoms with van der Waals surface area (Å²) < 4.78 is 85.3. The van der Waals surface area contributed by atoms with Crippen molar-refractivity contribution in [1.29, 1.82) is 0 Å². The fourth-order valence-electron chi connectivity index (χ4n) is 2.89. The Bertz CT molecular complexity index is 891. The average Bonchev–Trinajstić information content (AvgIpc) is 2.74. The lowest BCUT2D eigenvalue weighted by Crippen LogP contribution is -2.47. The number of aryl methyl sites for hydroxylation is 2. The van der Waals surface area contributed by atoms with Crippen molar-refractivity contribution in [1.82, 2.24) is 0 Å². The Morgan fingerprint density at radius 3 is 2.16 bits per heavy atom. The summed E-state index contributed by atoms with van der Waals surface area (Å²) in [5.74, 6) is -4.68. The lowest BCUT2D eigenvalue weighted by atomic mass is 9.93. The molecule has 0 atom stereocenters. The molecular weight excluding hydrogens is 464 g/mol. The number of hydrogen-bond donors (Lipinski definition) is 3. The van der Waals surface area contributed by atoms with Gasteiger partial charge in [0, 0.05) is 0 Å². The molecule has 0 radical (unpaired) electrons. The van der Waals surface area contributed by atoms with E-state index >= 15 is 0 Å². The minimum atomic E-state index is -4.70. The third-order valence-electron chi connectivity index (χ3n) is 4.85.